The Kier molecular flexibility index (Phi) is 8.09. The molecule has 0 radical (unpaired) electrons. The summed E-state index contributed by atoms with van der Waals surface area (Å²) in [7, 11) is -4.32. The number of benzene rings is 3. The van der Waals surface area contributed by atoms with Gasteiger partial charge in [-0.25, -0.2) is 0 Å². The maximum Gasteiger partial charge on any atom is 0.673 e. The van der Waals surface area contributed by atoms with Gasteiger partial charge in [-0.1, -0.05) is 48.5 Å². The third kappa shape index (κ3) is 7.36. The van der Waals surface area contributed by atoms with E-state index in [1.165, 1.54) is 7.14 Å². The summed E-state index contributed by atoms with van der Waals surface area (Å²) in [4.78, 5) is 0. The predicted molar refractivity (Wildman–Crippen MR) is 102 cm³/mol. The number of rotatable bonds is 5. The van der Waals surface area contributed by atoms with Crippen LogP contribution in [0.25, 0.3) is 0 Å². The molecule has 0 fully saturated rings. The van der Waals surface area contributed by atoms with E-state index in [4.69, 9.17) is 4.74 Å². The molecular weight excluding hydrogens is 498 g/mol. The summed E-state index contributed by atoms with van der Waals surface area (Å²) in [6.45, 7) is 1.87. The lowest BCUT2D eigenvalue weighted by Gasteiger charge is -2.24. The summed E-state index contributed by atoms with van der Waals surface area (Å²) in [5.74, 6) is 0.868. The first-order valence-electron chi connectivity index (χ1n) is 8.65. The number of hydrogen-bond acceptors (Lipinski definition) is 2. The van der Waals surface area contributed by atoms with Gasteiger partial charge in [0.05, 0.1) is 7.11 Å². The highest BCUT2D eigenvalue weighted by Crippen LogP contribution is 2.28. The topological polar surface area (TPSA) is 29.5 Å². The summed E-state index contributed by atoms with van der Waals surface area (Å²) in [6.07, 6.45) is 0. The summed E-state index contributed by atoms with van der Waals surface area (Å²) in [5.41, 5.74) is 0.903. The van der Waals surface area contributed by atoms with Gasteiger partial charge in [0.1, 0.15) is 11.4 Å². The molecule has 0 saturated heterocycles. The second kappa shape index (κ2) is 10.1. The second-order valence-electron chi connectivity index (χ2n) is 6.17. The molecular formula is C21H20BF4IO2. The van der Waals surface area contributed by atoms with E-state index < -0.39 is 12.9 Å². The zero-order chi connectivity index (χ0) is 21.5. The number of aliphatic hydroxyl groups is 1. The summed E-state index contributed by atoms with van der Waals surface area (Å²) >= 11 is -0.385. The molecule has 1 atom stereocenters. The van der Waals surface area contributed by atoms with Crippen LogP contribution in [0.5, 0.6) is 5.75 Å². The molecule has 8 heteroatoms. The second-order valence-corrected chi connectivity index (χ2v) is 9.11. The SMILES string of the molecule is COc1ccc([I+]c2ccccc2[C@](C)(O)c2ccccc2)cc1.F[B-](F)(F)F. The Bertz CT molecular complexity index is 895. The smallest absolute Gasteiger partial charge is 0.497 e. The molecule has 0 aliphatic carbocycles. The molecule has 1 N–H and O–H groups in total. The van der Waals surface area contributed by atoms with Crippen molar-refractivity contribution in [2.45, 2.75) is 12.5 Å². The third-order valence-electron chi connectivity index (χ3n) is 3.99. The lowest BCUT2D eigenvalue weighted by atomic mass is 9.88. The molecule has 154 valence electrons. The zero-order valence-corrected chi connectivity index (χ0v) is 18.0. The van der Waals surface area contributed by atoms with Crippen molar-refractivity contribution in [2.24, 2.45) is 0 Å². The lowest BCUT2D eigenvalue weighted by molar-refractivity contribution is -0.599. The minimum atomic E-state index is -6.00. The lowest BCUT2D eigenvalue weighted by Crippen LogP contribution is -3.61. The first kappa shape index (κ1) is 23.2. The minimum absolute atomic E-state index is 0.385. The Balaban J connectivity index is 0.000000537. The quantitative estimate of drug-likeness (QED) is 0.320. The van der Waals surface area contributed by atoms with Crippen molar-refractivity contribution in [3.05, 3.63) is 97.1 Å². The maximum absolute atomic E-state index is 11.2. The van der Waals surface area contributed by atoms with Gasteiger partial charge in [-0.3, -0.25) is 0 Å². The standard InChI is InChI=1S/C21H20IO2.BF4/c1-21(23,16-8-4-3-5-9-16)19-10-6-7-11-20(19)22-17-12-14-18(24-2)15-13-17;2-1(3,4)5/h3-15,23H,1-2H3;/q+1;-1/t21-;/m1./s1. The fourth-order valence-corrected chi connectivity index (χ4v) is 5.38. The van der Waals surface area contributed by atoms with Gasteiger partial charge < -0.3 is 27.1 Å². The van der Waals surface area contributed by atoms with Crippen LogP contribution in [0.3, 0.4) is 0 Å². The van der Waals surface area contributed by atoms with Gasteiger partial charge in [-0.05, 0) is 42.8 Å². The van der Waals surface area contributed by atoms with Crippen molar-refractivity contribution in [2.75, 3.05) is 7.11 Å². The zero-order valence-electron chi connectivity index (χ0n) is 15.8. The number of hydrogen-bond donors (Lipinski definition) is 1. The minimum Gasteiger partial charge on any atom is -0.497 e. The maximum atomic E-state index is 11.2. The number of ether oxygens (including phenoxy) is 1. The normalized spacial score (nSPS) is 13.1. The average Bonchev–Trinajstić information content (AvgIpc) is 2.68. The van der Waals surface area contributed by atoms with E-state index in [0.29, 0.717) is 0 Å². The monoisotopic (exact) mass is 518 g/mol. The molecule has 2 nitrogen and oxygen atoms in total. The van der Waals surface area contributed by atoms with Crippen LogP contribution in [0.4, 0.5) is 17.3 Å². The Hall–Kier alpha value is -2.07. The largest absolute Gasteiger partial charge is 0.673 e. The highest BCUT2D eigenvalue weighted by atomic mass is 127. The fourth-order valence-electron chi connectivity index (χ4n) is 2.61. The molecule has 3 rings (SSSR count). The Morgan fingerprint density at radius 3 is 1.90 bits per heavy atom. The highest BCUT2D eigenvalue weighted by molar-refractivity contribution is 6.50. The van der Waals surface area contributed by atoms with E-state index in [9.17, 15) is 22.4 Å². The van der Waals surface area contributed by atoms with E-state index in [2.05, 4.69) is 18.2 Å². The molecule has 0 spiro atoms. The summed E-state index contributed by atoms with van der Waals surface area (Å²) in [5, 5.41) is 11.2. The summed E-state index contributed by atoms with van der Waals surface area (Å²) in [6, 6.07) is 26.3. The van der Waals surface area contributed by atoms with Gasteiger partial charge in [0, 0.05) is 5.56 Å². The fraction of sp³-hybridized carbons (Fsp3) is 0.143. The number of halogens is 5. The van der Waals surface area contributed by atoms with Crippen LogP contribution in [-0.2, 0) is 5.60 Å². The summed E-state index contributed by atoms with van der Waals surface area (Å²) < 4.78 is 46.8. The Labute approximate surface area is 177 Å². The van der Waals surface area contributed by atoms with Crippen molar-refractivity contribution in [3.8, 4) is 5.75 Å². The van der Waals surface area contributed by atoms with E-state index in [-0.39, 0.29) is 21.2 Å². The molecule has 0 unspecified atom stereocenters. The van der Waals surface area contributed by atoms with Crippen molar-refractivity contribution < 1.29 is 48.3 Å². The van der Waals surface area contributed by atoms with E-state index in [1.807, 2.05) is 67.6 Å². The molecule has 0 aromatic heterocycles. The van der Waals surface area contributed by atoms with E-state index in [1.54, 1.807) is 7.11 Å². The molecule has 0 heterocycles. The first-order valence-corrected chi connectivity index (χ1v) is 10.8. The van der Waals surface area contributed by atoms with Gasteiger partial charge in [-0.15, -0.1) is 0 Å². The molecule has 3 aromatic carbocycles. The van der Waals surface area contributed by atoms with Crippen LogP contribution in [0.1, 0.15) is 18.1 Å². The molecule has 0 aliphatic heterocycles. The van der Waals surface area contributed by atoms with Crippen LogP contribution in [0.2, 0.25) is 0 Å². The molecule has 0 amide bonds. The van der Waals surface area contributed by atoms with Gasteiger partial charge in [0.2, 0.25) is 3.57 Å². The molecule has 0 saturated carbocycles. The molecule has 3 aromatic rings. The highest BCUT2D eigenvalue weighted by Gasteiger charge is 2.33. The molecule has 29 heavy (non-hydrogen) atoms. The predicted octanol–water partition coefficient (Wildman–Crippen LogP) is 2.38. The van der Waals surface area contributed by atoms with Crippen LogP contribution in [0.15, 0.2) is 78.9 Å². The van der Waals surface area contributed by atoms with Crippen LogP contribution < -0.4 is 25.9 Å². The van der Waals surface area contributed by atoms with Gasteiger partial charge in [0.15, 0.2) is 3.57 Å². The average molecular weight is 518 g/mol. The van der Waals surface area contributed by atoms with Gasteiger partial charge >= 0.3 is 28.5 Å². The number of methoxy groups -OCH3 is 1. The van der Waals surface area contributed by atoms with Crippen LogP contribution in [0, 0.1) is 7.14 Å². The van der Waals surface area contributed by atoms with Crippen LogP contribution in [-0.4, -0.2) is 19.5 Å². The van der Waals surface area contributed by atoms with E-state index in [0.717, 1.165) is 16.9 Å². The van der Waals surface area contributed by atoms with Gasteiger partial charge in [-0.2, -0.15) is 0 Å². The Morgan fingerprint density at radius 1 is 0.828 bits per heavy atom. The Morgan fingerprint density at radius 2 is 1.34 bits per heavy atom. The molecule has 0 aliphatic rings. The van der Waals surface area contributed by atoms with Crippen molar-refractivity contribution in [1.29, 1.82) is 0 Å². The van der Waals surface area contributed by atoms with Crippen LogP contribution >= 0.6 is 0 Å². The van der Waals surface area contributed by atoms with Crippen molar-refractivity contribution in [1.82, 2.24) is 0 Å². The van der Waals surface area contributed by atoms with Gasteiger partial charge in [0.25, 0.3) is 0 Å². The van der Waals surface area contributed by atoms with E-state index >= 15 is 0 Å². The first-order chi connectivity index (χ1) is 13.6. The third-order valence-corrected chi connectivity index (χ3v) is 6.86. The van der Waals surface area contributed by atoms with Crippen molar-refractivity contribution >= 4 is 7.25 Å². The molecule has 0 bridgehead atoms. The van der Waals surface area contributed by atoms with Crippen molar-refractivity contribution in [3.63, 3.8) is 0 Å².